The number of benzene rings is 2. The molecule has 1 saturated heterocycles. The van der Waals surface area contributed by atoms with Crippen molar-refractivity contribution in [1.82, 2.24) is 10.6 Å². The van der Waals surface area contributed by atoms with E-state index in [9.17, 15) is 4.79 Å². The maximum absolute atomic E-state index is 12.2. The summed E-state index contributed by atoms with van der Waals surface area (Å²) in [7, 11) is 1.67. The van der Waals surface area contributed by atoms with Gasteiger partial charge in [0.25, 0.3) is 0 Å². The van der Waals surface area contributed by atoms with Crippen molar-refractivity contribution in [2.24, 2.45) is 0 Å². The Hall–Kier alpha value is -2.11. The third kappa shape index (κ3) is 5.94. The Morgan fingerprint density at radius 3 is 2.36 bits per heavy atom. The first-order chi connectivity index (χ1) is 13.5. The number of rotatable bonds is 6. The van der Waals surface area contributed by atoms with Crippen molar-refractivity contribution >= 4 is 34.9 Å². The Morgan fingerprint density at radius 2 is 1.75 bits per heavy atom. The normalized spacial score (nSPS) is 14.6. The number of amides is 2. The van der Waals surface area contributed by atoms with Gasteiger partial charge in [0.2, 0.25) is 0 Å². The fourth-order valence-electron chi connectivity index (χ4n) is 3.39. The van der Waals surface area contributed by atoms with Gasteiger partial charge in [0.15, 0.2) is 0 Å². The number of piperidine rings is 1. The first-order valence-corrected chi connectivity index (χ1v) is 10.2. The molecule has 0 unspecified atom stereocenters. The molecule has 7 heteroatoms. The van der Waals surface area contributed by atoms with Crippen LogP contribution in [0.1, 0.15) is 18.4 Å². The second-order valence-electron chi connectivity index (χ2n) is 6.89. The maximum Gasteiger partial charge on any atom is 0.315 e. The highest BCUT2D eigenvalue weighted by molar-refractivity contribution is 6.34. The molecule has 0 bridgehead atoms. The van der Waals surface area contributed by atoms with Crippen LogP contribution in [0.5, 0.6) is 5.75 Å². The molecular weight excluding hydrogens is 397 g/mol. The van der Waals surface area contributed by atoms with E-state index in [0.29, 0.717) is 23.0 Å². The number of ether oxygens (including phenoxy) is 1. The number of anilines is 1. The van der Waals surface area contributed by atoms with Crippen molar-refractivity contribution in [3.63, 3.8) is 0 Å². The summed E-state index contributed by atoms with van der Waals surface area (Å²) in [6.07, 6.45) is 2.52. The highest BCUT2D eigenvalue weighted by Crippen LogP contribution is 2.23. The van der Waals surface area contributed by atoms with Crippen LogP contribution in [0.15, 0.2) is 42.5 Å². The van der Waals surface area contributed by atoms with Gasteiger partial charge >= 0.3 is 6.03 Å². The van der Waals surface area contributed by atoms with Gasteiger partial charge in [0.05, 0.1) is 7.11 Å². The van der Waals surface area contributed by atoms with Crippen LogP contribution < -0.4 is 20.3 Å². The molecule has 1 fully saturated rings. The van der Waals surface area contributed by atoms with E-state index in [1.165, 1.54) is 5.69 Å². The molecule has 2 aromatic carbocycles. The van der Waals surface area contributed by atoms with Gasteiger partial charge in [-0.1, -0.05) is 23.2 Å². The lowest BCUT2D eigenvalue weighted by atomic mass is 10.0. The molecule has 28 heavy (non-hydrogen) atoms. The number of nitrogens with zero attached hydrogens (tertiary/aromatic N) is 1. The summed E-state index contributed by atoms with van der Waals surface area (Å²) in [5.74, 6) is 0.858. The molecule has 1 aliphatic heterocycles. The quantitative estimate of drug-likeness (QED) is 0.720. The number of urea groups is 1. The topological polar surface area (TPSA) is 53.6 Å². The van der Waals surface area contributed by atoms with Crippen LogP contribution in [0.25, 0.3) is 0 Å². The molecule has 2 amide bonds. The third-order valence-electron chi connectivity index (χ3n) is 4.89. The Bertz CT molecular complexity index is 770. The SMILES string of the molecule is COc1ccc(N2CCC(NC(=O)NCCc3cc(Cl)cc(Cl)c3)CC2)cc1. The molecule has 0 saturated carbocycles. The molecule has 2 aromatic rings. The average Bonchev–Trinajstić information content (AvgIpc) is 2.68. The Balaban J connectivity index is 1.38. The summed E-state index contributed by atoms with van der Waals surface area (Å²) in [6, 6.07) is 13.6. The summed E-state index contributed by atoms with van der Waals surface area (Å²) >= 11 is 12.0. The van der Waals surface area contributed by atoms with Crippen LogP contribution in [0.4, 0.5) is 10.5 Å². The van der Waals surface area contributed by atoms with E-state index in [2.05, 4.69) is 27.7 Å². The lowest BCUT2D eigenvalue weighted by Gasteiger charge is -2.34. The van der Waals surface area contributed by atoms with Crippen LogP contribution >= 0.6 is 23.2 Å². The maximum atomic E-state index is 12.2. The highest BCUT2D eigenvalue weighted by Gasteiger charge is 2.20. The van der Waals surface area contributed by atoms with Crippen LogP contribution in [0, 0.1) is 0 Å². The van der Waals surface area contributed by atoms with Crippen molar-refractivity contribution in [2.75, 3.05) is 31.6 Å². The summed E-state index contributed by atoms with van der Waals surface area (Å²) in [5, 5.41) is 7.19. The Morgan fingerprint density at radius 1 is 1.11 bits per heavy atom. The van der Waals surface area contributed by atoms with Gasteiger partial charge < -0.3 is 20.3 Å². The molecule has 150 valence electrons. The lowest BCUT2D eigenvalue weighted by Crippen LogP contribution is -2.48. The zero-order valence-corrected chi connectivity index (χ0v) is 17.4. The van der Waals surface area contributed by atoms with Crippen molar-refractivity contribution in [3.8, 4) is 5.75 Å². The van der Waals surface area contributed by atoms with E-state index < -0.39 is 0 Å². The second kappa shape index (κ2) is 9.89. The number of carbonyl (C=O) groups is 1. The predicted molar refractivity (Wildman–Crippen MR) is 115 cm³/mol. The lowest BCUT2D eigenvalue weighted by molar-refractivity contribution is 0.234. The summed E-state index contributed by atoms with van der Waals surface area (Å²) in [6.45, 7) is 2.36. The molecule has 1 aliphatic rings. The standard InChI is InChI=1S/C21H25Cl2N3O2/c1-28-20-4-2-19(3-5-20)26-10-7-18(8-11-26)25-21(27)24-9-6-15-12-16(22)14-17(23)13-15/h2-5,12-14,18H,6-11H2,1H3,(H2,24,25,27). The molecule has 2 N–H and O–H groups in total. The van der Waals surface area contributed by atoms with Gasteiger partial charge in [-0.15, -0.1) is 0 Å². The van der Waals surface area contributed by atoms with Gasteiger partial charge in [-0.2, -0.15) is 0 Å². The molecule has 0 aromatic heterocycles. The van der Waals surface area contributed by atoms with Crippen molar-refractivity contribution in [3.05, 3.63) is 58.1 Å². The Labute approximate surface area is 176 Å². The molecule has 0 radical (unpaired) electrons. The molecule has 3 rings (SSSR count). The third-order valence-corrected chi connectivity index (χ3v) is 5.33. The first kappa shape index (κ1) is 20.6. The zero-order chi connectivity index (χ0) is 19.9. The monoisotopic (exact) mass is 421 g/mol. The van der Waals surface area contributed by atoms with Crippen molar-refractivity contribution < 1.29 is 9.53 Å². The minimum absolute atomic E-state index is 0.129. The smallest absolute Gasteiger partial charge is 0.315 e. The summed E-state index contributed by atoms with van der Waals surface area (Å²) < 4.78 is 5.20. The molecule has 1 heterocycles. The molecular formula is C21H25Cl2N3O2. The number of carbonyl (C=O) groups excluding carboxylic acids is 1. The Kier molecular flexibility index (Phi) is 7.29. The van der Waals surface area contributed by atoms with Gasteiger partial charge in [0.1, 0.15) is 5.75 Å². The van der Waals surface area contributed by atoms with Crippen LogP contribution in [-0.2, 0) is 6.42 Å². The predicted octanol–water partition coefficient (Wildman–Crippen LogP) is 4.51. The number of hydrogen-bond donors (Lipinski definition) is 2. The van der Waals surface area contributed by atoms with E-state index in [-0.39, 0.29) is 12.1 Å². The van der Waals surface area contributed by atoms with E-state index >= 15 is 0 Å². The highest BCUT2D eigenvalue weighted by atomic mass is 35.5. The molecule has 0 atom stereocenters. The van der Waals surface area contributed by atoms with Gasteiger partial charge in [-0.25, -0.2) is 4.79 Å². The fourth-order valence-corrected chi connectivity index (χ4v) is 3.96. The summed E-state index contributed by atoms with van der Waals surface area (Å²) in [4.78, 5) is 14.5. The summed E-state index contributed by atoms with van der Waals surface area (Å²) in [5.41, 5.74) is 2.19. The zero-order valence-electron chi connectivity index (χ0n) is 15.9. The average molecular weight is 422 g/mol. The fraction of sp³-hybridized carbons (Fsp3) is 0.381. The first-order valence-electron chi connectivity index (χ1n) is 9.42. The number of hydrogen-bond acceptors (Lipinski definition) is 3. The number of methoxy groups -OCH3 is 1. The second-order valence-corrected chi connectivity index (χ2v) is 7.76. The largest absolute Gasteiger partial charge is 0.497 e. The van der Waals surface area contributed by atoms with Gasteiger partial charge in [-0.3, -0.25) is 0 Å². The van der Waals surface area contributed by atoms with Gasteiger partial charge in [-0.05, 0) is 67.3 Å². The molecule has 0 spiro atoms. The van der Waals surface area contributed by atoms with Crippen molar-refractivity contribution in [1.29, 1.82) is 0 Å². The van der Waals surface area contributed by atoms with E-state index in [0.717, 1.165) is 37.2 Å². The van der Waals surface area contributed by atoms with Crippen LogP contribution in [0.3, 0.4) is 0 Å². The van der Waals surface area contributed by atoms with E-state index in [4.69, 9.17) is 27.9 Å². The van der Waals surface area contributed by atoms with Gasteiger partial charge in [0, 0.05) is 41.4 Å². The minimum Gasteiger partial charge on any atom is -0.497 e. The number of halogens is 2. The molecule has 5 nitrogen and oxygen atoms in total. The van der Waals surface area contributed by atoms with Crippen LogP contribution in [0.2, 0.25) is 10.0 Å². The van der Waals surface area contributed by atoms with Crippen LogP contribution in [-0.4, -0.2) is 38.8 Å². The molecule has 0 aliphatic carbocycles. The minimum atomic E-state index is -0.129. The van der Waals surface area contributed by atoms with E-state index in [1.807, 2.05) is 24.3 Å². The van der Waals surface area contributed by atoms with Crippen molar-refractivity contribution in [2.45, 2.75) is 25.3 Å². The number of nitrogens with one attached hydrogen (secondary N) is 2. The van der Waals surface area contributed by atoms with E-state index in [1.54, 1.807) is 13.2 Å².